The van der Waals surface area contributed by atoms with Crippen LogP contribution in [0.1, 0.15) is 12.8 Å². The van der Waals surface area contributed by atoms with Crippen LogP contribution in [-0.2, 0) is 0 Å². The molecule has 92 valence electrons. The van der Waals surface area contributed by atoms with Crippen molar-refractivity contribution >= 4 is 11.4 Å². The number of nitrogens with one attached hydrogen (secondary N) is 2. The second-order valence-electron chi connectivity index (χ2n) is 4.77. The molecule has 2 heterocycles. The van der Waals surface area contributed by atoms with Gasteiger partial charge in [0.1, 0.15) is 5.82 Å². The van der Waals surface area contributed by atoms with Crippen LogP contribution in [-0.4, -0.2) is 6.04 Å². The van der Waals surface area contributed by atoms with E-state index in [1.54, 1.807) is 0 Å². The number of para-hydroxylation sites is 2. The second-order valence-corrected chi connectivity index (χ2v) is 4.77. The molecular weight excluding hydrogens is 222 g/mol. The zero-order chi connectivity index (χ0) is 12.7. The summed E-state index contributed by atoms with van der Waals surface area (Å²) in [5.74, 6) is 0.914. The summed E-state index contributed by atoms with van der Waals surface area (Å²) in [5, 5.41) is 6.57. The lowest BCUT2D eigenvalue weighted by Crippen LogP contribution is -2.41. The van der Waals surface area contributed by atoms with Crippen molar-refractivity contribution in [3.05, 3.63) is 61.2 Å². The third-order valence-corrected chi connectivity index (χ3v) is 3.50. The van der Waals surface area contributed by atoms with E-state index in [1.807, 2.05) is 12.1 Å². The molecular formula is C15H17N3. The van der Waals surface area contributed by atoms with Crippen molar-refractivity contribution in [1.29, 1.82) is 0 Å². The topological polar surface area (TPSA) is 27.3 Å². The fourth-order valence-corrected chi connectivity index (χ4v) is 2.65. The number of allylic oxidation sites excluding steroid dienone is 1. The van der Waals surface area contributed by atoms with Crippen LogP contribution in [0.2, 0.25) is 0 Å². The minimum absolute atomic E-state index is 0.235. The van der Waals surface area contributed by atoms with Crippen molar-refractivity contribution in [3.63, 3.8) is 0 Å². The van der Waals surface area contributed by atoms with Crippen LogP contribution in [0.25, 0.3) is 0 Å². The fraction of sp³-hybridized carbons (Fsp3) is 0.200. The molecule has 2 aliphatic heterocycles. The van der Waals surface area contributed by atoms with Crippen molar-refractivity contribution in [2.45, 2.75) is 18.9 Å². The average Bonchev–Trinajstić information content (AvgIpc) is 2.66. The first kappa shape index (κ1) is 11.0. The standard InChI is InChI=1S/C15H17N3/c1-10-8-9-14(11(2)16-10)18-12(3)17-13-6-4-5-7-15(13)18/h4-7,14,16-17H,1-3,8-9H2. The minimum atomic E-state index is 0.235. The summed E-state index contributed by atoms with van der Waals surface area (Å²) < 4.78 is 0. The van der Waals surface area contributed by atoms with Gasteiger partial charge >= 0.3 is 0 Å². The highest BCUT2D eigenvalue weighted by atomic mass is 15.3. The van der Waals surface area contributed by atoms with E-state index in [0.29, 0.717) is 0 Å². The molecule has 2 aliphatic rings. The summed E-state index contributed by atoms with van der Waals surface area (Å²) in [6, 6.07) is 8.48. The van der Waals surface area contributed by atoms with Crippen LogP contribution in [0, 0.1) is 0 Å². The molecule has 1 saturated heterocycles. The van der Waals surface area contributed by atoms with Crippen LogP contribution in [0.15, 0.2) is 61.2 Å². The molecule has 0 amide bonds. The van der Waals surface area contributed by atoms with Crippen LogP contribution < -0.4 is 15.5 Å². The third-order valence-electron chi connectivity index (χ3n) is 3.50. The SMILES string of the molecule is C=C1CCC(N2C(=C)Nc3ccccc32)C(=C)N1. The normalized spacial score (nSPS) is 22.6. The van der Waals surface area contributed by atoms with Gasteiger partial charge in [-0.15, -0.1) is 0 Å². The molecule has 0 bridgehead atoms. The predicted octanol–water partition coefficient (Wildman–Crippen LogP) is 3.17. The van der Waals surface area contributed by atoms with Crippen molar-refractivity contribution < 1.29 is 0 Å². The molecule has 2 N–H and O–H groups in total. The molecule has 1 fully saturated rings. The largest absolute Gasteiger partial charge is 0.362 e. The van der Waals surface area contributed by atoms with Gasteiger partial charge in [0.05, 0.1) is 17.4 Å². The Hall–Kier alpha value is -2.16. The number of fused-ring (bicyclic) bond motifs is 1. The molecule has 3 nitrogen and oxygen atoms in total. The highest BCUT2D eigenvalue weighted by molar-refractivity contribution is 5.81. The van der Waals surface area contributed by atoms with Gasteiger partial charge in [0.15, 0.2) is 0 Å². The Balaban J connectivity index is 1.95. The molecule has 0 saturated carbocycles. The smallest absolute Gasteiger partial charge is 0.104 e. The Labute approximate surface area is 107 Å². The maximum atomic E-state index is 4.12. The highest BCUT2D eigenvalue weighted by Crippen LogP contribution is 2.39. The Morgan fingerprint density at radius 2 is 1.89 bits per heavy atom. The number of benzene rings is 1. The van der Waals surface area contributed by atoms with Crippen molar-refractivity contribution in [3.8, 4) is 0 Å². The Morgan fingerprint density at radius 3 is 2.67 bits per heavy atom. The minimum Gasteiger partial charge on any atom is -0.362 e. The number of hydrogen-bond acceptors (Lipinski definition) is 3. The maximum Gasteiger partial charge on any atom is 0.104 e. The van der Waals surface area contributed by atoms with E-state index in [0.717, 1.165) is 35.7 Å². The van der Waals surface area contributed by atoms with Gasteiger partial charge in [0.2, 0.25) is 0 Å². The summed E-state index contributed by atoms with van der Waals surface area (Å²) in [6.45, 7) is 12.2. The lowest BCUT2D eigenvalue weighted by atomic mass is 10.0. The van der Waals surface area contributed by atoms with Gasteiger partial charge < -0.3 is 15.5 Å². The van der Waals surface area contributed by atoms with Gasteiger partial charge in [-0.1, -0.05) is 31.9 Å². The molecule has 0 aromatic heterocycles. The average molecular weight is 239 g/mol. The third kappa shape index (κ3) is 1.59. The predicted molar refractivity (Wildman–Crippen MR) is 76.1 cm³/mol. The monoisotopic (exact) mass is 239 g/mol. The second kappa shape index (κ2) is 3.95. The summed E-state index contributed by atoms with van der Waals surface area (Å²) in [5.41, 5.74) is 4.32. The zero-order valence-corrected chi connectivity index (χ0v) is 10.4. The van der Waals surface area contributed by atoms with Crippen LogP contribution in [0.5, 0.6) is 0 Å². The summed E-state index contributed by atoms with van der Waals surface area (Å²) in [7, 11) is 0. The number of rotatable bonds is 1. The van der Waals surface area contributed by atoms with Gasteiger partial charge in [0, 0.05) is 11.4 Å². The molecule has 0 radical (unpaired) electrons. The van der Waals surface area contributed by atoms with Gasteiger partial charge in [-0.2, -0.15) is 0 Å². The van der Waals surface area contributed by atoms with Crippen LogP contribution in [0.4, 0.5) is 11.4 Å². The van der Waals surface area contributed by atoms with Gasteiger partial charge in [-0.3, -0.25) is 0 Å². The quantitative estimate of drug-likeness (QED) is 0.788. The lowest BCUT2D eigenvalue weighted by molar-refractivity contribution is 0.568. The number of anilines is 2. The summed E-state index contributed by atoms with van der Waals surface area (Å²) in [4.78, 5) is 2.22. The number of piperidine rings is 1. The molecule has 0 spiro atoms. The van der Waals surface area contributed by atoms with Crippen molar-refractivity contribution in [2.24, 2.45) is 0 Å². The van der Waals surface area contributed by atoms with E-state index in [1.165, 1.54) is 5.69 Å². The molecule has 3 rings (SSSR count). The van der Waals surface area contributed by atoms with E-state index < -0.39 is 0 Å². The van der Waals surface area contributed by atoms with Crippen molar-refractivity contribution in [2.75, 3.05) is 10.2 Å². The number of nitrogens with zero attached hydrogens (tertiary/aromatic N) is 1. The molecule has 18 heavy (non-hydrogen) atoms. The Morgan fingerprint density at radius 1 is 1.11 bits per heavy atom. The number of hydrogen-bond donors (Lipinski definition) is 2. The molecule has 1 atom stereocenters. The van der Waals surface area contributed by atoms with Gasteiger partial charge in [-0.05, 0) is 25.0 Å². The molecule has 3 heteroatoms. The lowest BCUT2D eigenvalue weighted by Gasteiger charge is -2.36. The maximum absolute atomic E-state index is 4.12. The molecule has 1 unspecified atom stereocenters. The zero-order valence-electron chi connectivity index (χ0n) is 10.4. The van der Waals surface area contributed by atoms with E-state index in [4.69, 9.17) is 0 Å². The Kier molecular flexibility index (Phi) is 2.40. The van der Waals surface area contributed by atoms with Gasteiger partial charge in [-0.25, -0.2) is 0 Å². The van der Waals surface area contributed by atoms with E-state index >= 15 is 0 Å². The van der Waals surface area contributed by atoms with E-state index in [9.17, 15) is 0 Å². The first-order valence-electron chi connectivity index (χ1n) is 6.14. The summed E-state index contributed by atoms with van der Waals surface area (Å²) >= 11 is 0. The fourth-order valence-electron chi connectivity index (χ4n) is 2.65. The van der Waals surface area contributed by atoms with Crippen LogP contribution in [0.3, 0.4) is 0 Å². The first-order chi connectivity index (χ1) is 8.66. The van der Waals surface area contributed by atoms with E-state index in [-0.39, 0.29) is 6.04 Å². The molecule has 1 aromatic carbocycles. The molecule has 1 aromatic rings. The Bertz CT molecular complexity index is 544. The van der Waals surface area contributed by atoms with Crippen molar-refractivity contribution in [1.82, 2.24) is 5.32 Å². The van der Waals surface area contributed by atoms with Crippen LogP contribution >= 0.6 is 0 Å². The van der Waals surface area contributed by atoms with E-state index in [2.05, 4.69) is 47.4 Å². The summed E-state index contributed by atoms with van der Waals surface area (Å²) in [6.07, 6.45) is 1.98. The first-order valence-corrected chi connectivity index (χ1v) is 6.14. The van der Waals surface area contributed by atoms with Gasteiger partial charge in [0.25, 0.3) is 0 Å². The highest BCUT2D eigenvalue weighted by Gasteiger charge is 2.32. The molecule has 0 aliphatic carbocycles.